The van der Waals surface area contributed by atoms with Gasteiger partial charge < -0.3 is 9.84 Å². The van der Waals surface area contributed by atoms with Crippen LogP contribution in [0.25, 0.3) is 0 Å². The van der Waals surface area contributed by atoms with Crippen molar-refractivity contribution in [2.75, 3.05) is 0 Å². The lowest BCUT2D eigenvalue weighted by Crippen LogP contribution is -2.35. The molecule has 0 aromatic carbocycles. The molecule has 1 atom stereocenters. The molecule has 0 rings (SSSR count). The second kappa shape index (κ2) is 22.6. The van der Waals surface area contributed by atoms with Crippen LogP contribution in [0.15, 0.2) is 0 Å². The summed E-state index contributed by atoms with van der Waals surface area (Å²) in [6.07, 6.45) is 25.6. The molecule has 0 aromatic rings. The second-order valence-electron chi connectivity index (χ2n) is 9.68. The minimum atomic E-state index is -1.24. The Balaban J connectivity index is 4.21. The minimum Gasteiger partial charge on any atom is -0.433 e. The molecule has 0 saturated carbocycles. The van der Waals surface area contributed by atoms with Crippen LogP contribution in [0, 0.1) is 0 Å². The van der Waals surface area contributed by atoms with E-state index in [4.69, 9.17) is 4.74 Å². The molecule has 0 saturated heterocycles. The van der Waals surface area contributed by atoms with E-state index < -0.39 is 5.79 Å². The van der Waals surface area contributed by atoms with Gasteiger partial charge in [0.15, 0.2) is 0 Å². The molecule has 3 heteroatoms. The fraction of sp³-hybridized carbons (Fsp3) is 0.964. The SMILES string of the molecule is CCCCCCCCCCCC(O)(CCCCCCCC)OC(=O)CCCCCCC. The van der Waals surface area contributed by atoms with E-state index in [9.17, 15) is 9.90 Å². The van der Waals surface area contributed by atoms with Crippen LogP contribution in [0.5, 0.6) is 0 Å². The summed E-state index contributed by atoms with van der Waals surface area (Å²) in [5, 5.41) is 11.1. The summed E-state index contributed by atoms with van der Waals surface area (Å²) in [6.45, 7) is 6.68. The van der Waals surface area contributed by atoms with E-state index in [2.05, 4.69) is 20.8 Å². The fourth-order valence-electron chi connectivity index (χ4n) is 4.26. The highest BCUT2D eigenvalue weighted by Gasteiger charge is 2.30. The maximum Gasteiger partial charge on any atom is 0.308 e. The van der Waals surface area contributed by atoms with Crippen LogP contribution in [0.2, 0.25) is 0 Å². The van der Waals surface area contributed by atoms with Crippen molar-refractivity contribution in [2.45, 2.75) is 174 Å². The highest BCUT2D eigenvalue weighted by atomic mass is 16.7. The van der Waals surface area contributed by atoms with Gasteiger partial charge in [-0.15, -0.1) is 0 Å². The van der Waals surface area contributed by atoms with E-state index in [0.29, 0.717) is 19.3 Å². The van der Waals surface area contributed by atoms with Crippen molar-refractivity contribution in [2.24, 2.45) is 0 Å². The van der Waals surface area contributed by atoms with Gasteiger partial charge in [0, 0.05) is 19.3 Å². The number of aliphatic hydroxyl groups is 1. The number of unbranched alkanes of at least 4 members (excludes halogenated alkanes) is 17. The third-order valence-corrected chi connectivity index (χ3v) is 6.38. The van der Waals surface area contributed by atoms with Crippen LogP contribution in [0.4, 0.5) is 0 Å². The zero-order chi connectivity index (χ0) is 23.0. The van der Waals surface area contributed by atoms with Gasteiger partial charge >= 0.3 is 5.97 Å². The van der Waals surface area contributed by atoms with Crippen molar-refractivity contribution in [1.82, 2.24) is 0 Å². The van der Waals surface area contributed by atoms with Gasteiger partial charge in [-0.25, -0.2) is 0 Å². The average molecular weight is 441 g/mol. The topological polar surface area (TPSA) is 46.5 Å². The first-order valence-electron chi connectivity index (χ1n) is 14.0. The predicted molar refractivity (Wildman–Crippen MR) is 134 cm³/mol. The number of hydrogen-bond donors (Lipinski definition) is 1. The molecule has 0 radical (unpaired) electrons. The molecule has 0 aliphatic rings. The summed E-state index contributed by atoms with van der Waals surface area (Å²) in [6, 6.07) is 0. The smallest absolute Gasteiger partial charge is 0.308 e. The lowest BCUT2D eigenvalue weighted by molar-refractivity contribution is -0.215. The standard InChI is InChI=1S/C28H56O3/c1-4-7-10-13-15-16-17-20-23-26-28(30,25-22-19-14-11-8-5-2)31-27(29)24-21-18-12-9-6-3/h30H,4-26H2,1-3H3. The van der Waals surface area contributed by atoms with Crippen LogP contribution in [0.3, 0.4) is 0 Å². The van der Waals surface area contributed by atoms with Crippen molar-refractivity contribution in [3.05, 3.63) is 0 Å². The van der Waals surface area contributed by atoms with Crippen molar-refractivity contribution >= 4 is 5.97 Å². The monoisotopic (exact) mass is 440 g/mol. The molecule has 1 N–H and O–H groups in total. The molecular formula is C28H56O3. The Morgan fingerprint density at radius 3 is 1.26 bits per heavy atom. The zero-order valence-corrected chi connectivity index (χ0v) is 21.5. The fourth-order valence-corrected chi connectivity index (χ4v) is 4.26. The van der Waals surface area contributed by atoms with Gasteiger partial charge in [0.25, 0.3) is 0 Å². The van der Waals surface area contributed by atoms with Crippen LogP contribution in [-0.2, 0) is 9.53 Å². The Bertz CT molecular complexity index is 382. The van der Waals surface area contributed by atoms with E-state index in [-0.39, 0.29) is 5.97 Å². The van der Waals surface area contributed by atoms with Crippen molar-refractivity contribution in [3.8, 4) is 0 Å². The molecule has 0 aliphatic carbocycles. The number of rotatable bonds is 24. The molecule has 1 unspecified atom stereocenters. The van der Waals surface area contributed by atoms with E-state index in [1.54, 1.807) is 0 Å². The molecule has 0 fully saturated rings. The maximum absolute atomic E-state index is 12.3. The lowest BCUT2D eigenvalue weighted by atomic mass is 9.98. The van der Waals surface area contributed by atoms with E-state index in [1.807, 2.05) is 0 Å². The summed E-state index contributed by atoms with van der Waals surface area (Å²) in [7, 11) is 0. The largest absolute Gasteiger partial charge is 0.433 e. The van der Waals surface area contributed by atoms with E-state index in [1.165, 1.54) is 89.9 Å². The van der Waals surface area contributed by atoms with Crippen LogP contribution >= 0.6 is 0 Å². The Hall–Kier alpha value is -0.570. The van der Waals surface area contributed by atoms with Crippen molar-refractivity contribution in [1.29, 1.82) is 0 Å². The molecule has 0 amide bonds. The van der Waals surface area contributed by atoms with Gasteiger partial charge in [-0.1, -0.05) is 130 Å². The number of carbonyl (C=O) groups is 1. The Kier molecular flexibility index (Phi) is 22.2. The minimum absolute atomic E-state index is 0.207. The molecule has 0 bridgehead atoms. The quantitative estimate of drug-likeness (QED) is 0.0923. The second-order valence-corrected chi connectivity index (χ2v) is 9.68. The third-order valence-electron chi connectivity index (χ3n) is 6.38. The average Bonchev–Trinajstić information content (AvgIpc) is 2.75. The van der Waals surface area contributed by atoms with E-state index >= 15 is 0 Å². The summed E-state index contributed by atoms with van der Waals surface area (Å²) in [5.74, 6) is -1.45. The third kappa shape index (κ3) is 21.1. The Morgan fingerprint density at radius 1 is 0.548 bits per heavy atom. The van der Waals surface area contributed by atoms with Crippen LogP contribution in [0.1, 0.15) is 168 Å². The Morgan fingerprint density at radius 2 is 0.871 bits per heavy atom. The lowest BCUT2D eigenvalue weighted by Gasteiger charge is -2.28. The number of esters is 1. The summed E-state index contributed by atoms with van der Waals surface area (Å²) < 4.78 is 5.66. The maximum atomic E-state index is 12.3. The molecule has 3 nitrogen and oxygen atoms in total. The normalized spacial score (nSPS) is 13.3. The summed E-state index contributed by atoms with van der Waals surface area (Å²) >= 11 is 0. The number of ether oxygens (including phenoxy) is 1. The molecule has 31 heavy (non-hydrogen) atoms. The Labute approximate surface area is 195 Å². The van der Waals surface area contributed by atoms with Gasteiger partial charge in [0.1, 0.15) is 0 Å². The number of hydrogen-bond acceptors (Lipinski definition) is 3. The number of carbonyl (C=O) groups excluding carboxylic acids is 1. The molecule has 0 spiro atoms. The highest BCUT2D eigenvalue weighted by molar-refractivity contribution is 5.69. The molecule has 0 aromatic heterocycles. The van der Waals surface area contributed by atoms with Crippen molar-refractivity contribution < 1.29 is 14.6 Å². The predicted octanol–water partition coefficient (Wildman–Crippen LogP) is 9.25. The van der Waals surface area contributed by atoms with Gasteiger partial charge in [-0.3, -0.25) is 4.79 Å². The van der Waals surface area contributed by atoms with Gasteiger partial charge in [-0.2, -0.15) is 0 Å². The molecule has 0 aliphatic heterocycles. The first-order valence-corrected chi connectivity index (χ1v) is 14.0. The highest BCUT2D eigenvalue weighted by Crippen LogP contribution is 2.26. The van der Waals surface area contributed by atoms with E-state index in [0.717, 1.165) is 38.5 Å². The van der Waals surface area contributed by atoms with Crippen LogP contribution in [-0.4, -0.2) is 16.9 Å². The molecule has 186 valence electrons. The summed E-state index contributed by atoms with van der Waals surface area (Å²) in [5.41, 5.74) is 0. The van der Waals surface area contributed by atoms with Gasteiger partial charge in [-0.05, 0) is 19.3 Å². The van der Waals surface area contributed by atoms with Crippen molar-refractivity contribution in [3.63, 3.8) is 0 Å². The van der Waals surface area contributed by atoms with Gasteiger partial charge in [0.2, 0.25) is 5.79 Å². The van der Waals surface area contributed by atoms with Gasteiger partial charge in [0.05, 0.1) is 0 Å². The first kappa shape index (κ1) is 30.4. The molecular weight excluding hydrogens is 384 g/mol. The zero-order valence-electron chi connectivity index (χ0n) is 21.5. The summed E-state index contributed by atoms with van der Waals surface area (Å²) in [4.78, 5) is 12.3. The van der Waals surface area contributed by atoms with Crippen LogP contribution < -0.4 is 0 Å². The molecule has 0 heterocycles. The first-order chi connectivity index (χ1) is 15.1.